The zero-order chi connectivity index (χ0) is 22.3. The van der Waals surface area contributed by atoms with Gasteiger partial charge in [-0.15, -0.1) is 0 Å². The van der Waals surface area contributed by atoms with Crippen molar-refractivity contribution in [3.05, 3.63) is 53.1 Å². The van der Waals surface area contributed by atoms with Crippen LogP contribution in [0.4, 0.5) is 0 Å². The average Bonchev–Trinajstić information content (AvgIpc) is 2.73. The summed E-state index contributed by atoms with van der Waals surface area (Å²) in [6.07, 6.45) is -0.829. The summed E-state index contributed by atoms with van der Waals surface area (Å²) in [5.74, 6) is -0.631. The fraction of sp³-hybridized carbons (Fsp3) is 0.286. The molecule has 0 bridgehead atoms. The van der Waals surface area contributed by atoms with E-state index in [0.29, 0.717) is 5.75 Å². The Morgan fingerprint density at radius 2 is 1.77 bits per heavy atom. The smallest absolute Gasteiger partial charge is 0.279 e. The number of primary amides is 1. The number of nitrogens with two attached hydrogens (primary N) is 1. The molecule has 2 aromatic rings. The predicted octanol–water partition coefficient (Wildman–Crippen LogP) is 1.40. The number of ether oxygens (including phenoxy) is 3. The van der Waals surface area contributed by atoms with Crippen LogP contribution in [0, 0.1) is 13.8 Å². The number of hydrogen-bond donors (Lipinski definition) is 3. The normalized spacial score (nSPS) is 11.2. The first-order chi connectivity index (χ1) is 14.2. The van der Waals surface area contributed by atoms with Crippen molar-refractivity contribution >= 4 is 17.7 Å². The van der Waals surface area contributed by atoms with Crippen LogP contribution in [0.5, 0.6) is 17.2 Å². The van der Waals surface area contributed by atoms with Gasteiger partial charge in [0, 0.05) is 5.56 Å². The van der Waals surface area contributed by atoms with E-state index in [2.05, 4.69) is 10.9 Å². The largest absolute Gasteiger partial charge is 0.493 e. The minimum Gasteiger partial charge on any atom is -0.493 e. The van der Waals surface area contributed by atoms with E-state index < -0.39 is 23.8 Å². The number of rotatable bonds is 8. The van der Waals surface area contributed by atoms with Gasteiger partial charge in [-0.25, -0.2) is 0 Å². The highest BCUT2D eigenvalue weighted by molar-refractivity contribution is 5.96. The summed E-state index contributed by atoms with van der Waals surface area (Å²) in [4.78, 5) is 35.4. The van der Waals surface area contributed by atoms with E-state index in [1.165, 1.54) is 25.3 Å². The summed E-state index contributed by atoms with van der Waals surface area (Å²) >= 11 is 0. The van der Waals surface area contributed by atoms with E-state index in [1.807, 2.05) is 26.0 Å². The molecule has 0 aliphatic heterocycles. The molecule has 0 aliphatic rings. The Kier molecular flexibility index (Phi) is 7.62. The lowest BCUT2D eigenvalue weighted by Gasteiger charge is -2.17. The zero-order valence-corrected chi connectivity index (χ0v) is 17.3. The lowest BCUT2D eigenvalue weighted by molar-refractivity contribution is -0.128. The van der Waals surface area contributed by atoms with Crippen molar-refractivity contribution in [1.82, 2.24) is 10.9 Å². The number of hydrazine groups is 1. The van der Waals surface area contributed by atoms with Crippen molar-refractivity contribution in [1.29, 1.82) is 0 Å². The Morgan fingerprint density at radius 3 is 2.43 bits per heavy atom. The quantitative estimate of drug-likeness (QED) is 0.559. The van der Waals surface area contributed by atoms with E-state index in [0.717, 1.165) is 11.1 Å². The van der Waals surface area contributed by atoms with Gasteiger partial charge in [-0.2, -0.15) is 0 Å². The van der Waals surface area contributed by atoms with E-state index in [-0.39, 0.29) is 23.7 Å². The van der Waals surface area contributed by atoms with Crippen LogP contribution in [0.15, 0.2) is 36.4 Å². The monoisotopic (exact) mass is 415 g/mol. The predicted molar refractivity (Wildman–Crippen MR) is 109 cm³/mol. The minimum atomic E-state index is -0.829. The highest BCUT2D eigenvalue weighted by Gasteiger charge is 2.18. The van der Waals surface area contributed by atoms with Crippen LogP contribution in [-0.2, 0) is 9.59 Å². The number of amides is 3. The molecule has 2 rings (SSSR count). The Labute approximate surface area is 174 Å². The van der Waals surface area contributed by atoms with Gasteiger partial charge in [0.1, 0.15) is 5.75 Å². The van der Waals surface area contributed by atoms with Gasteiger partial charge in [0.2, 0.25) is 0 Å². The molecular weight excluding hydrogens is 390 g/mol. The van der Waals surface area contributed by atoms with Gasteiger partial charge in [0.05, 0.1) is 7.11 Å². The summed E-state index contributed by atoms with van der Waals surface area (Å²) in [6, 6.07) is 9.90. The van der Waals surface area contributed by atoms with Crippen LogP contribution in [0.3, 0.4) is 0 Å². The maximum absolute atomic E-state index is 12.3. The van der Waals surface area contributed by atoms with Gasteiger partial charge < -0.3 is 19.9 Å². The summed E-state index contributed by atoms with van der Waals surface area (Å²) < 4.78 is 16.1. The van der Waals surface area contributed by atoms with Crippen molar-refractivity contribution in [3.63, 3.8) is 0 Å². The van der Waals surface area contributed by atoms with Crippen LogP contribution in [0.2, 0.25) is 0 Å². The lowest BCUT2D eigenvalue weighted by atomic mass is 10.1. The highest BCUT2D eigenvalue weighted by atomic mass is 16.5. The molecule has 0 saturated heterocycles. The van der Waals surface area contributed by atoms with Crippen molar-refractivity contribution in [2.24, 2.45) is 5.73 Å². The van der Waals surface area contributed by atoms with Gasteiger partial charge in [-0.1, -0.05) is 12.1 Å². The molecule has 0 aliphatic carbocycles. The summed E-state index contributed by atoms with van der Waals surface area (Å²) in [6.45, 7) is 5.11. The van der Waals surface area contributed by atoms with Crippen LogP contribution < -0.4 is 30.8 Å². The van der Waals surface area contributed by atoms with E-state index >= 15 is 0 Å². The molecule has 4 N–H and O–H groups in total. The molecule has 0 unspecified atom stereocenters. The Hall–Kier alpha value is -3.75. The van der Waals surface area contributed by atoms with Gasteiger partial charge in [-0.05, 0) is 56.2 Å². The van der Waals surface area contributed by atoms with Crippen molar-refractivity contribution < 1.29 is 28.6 Å². The fourth-order valence-electron chi connectivity index (χ4n) is 2.46. The van der Waals surface area contributed by atoms with E-state index in [4.69, 9.17) is 19.9 Å². The molecule has 0 fully saturated rings. The van der Waals surface area contributed by atoms with Crippen LogP contribution in [0.1, 0.15) is 28.4 Å². The highest BCUT2D eigenvalue weighted by Crippen LogP contribution is 2.28. The molecule has 2 aromatic carbocycles. The first-order valence-corrected chi connectivity index (χ1v) is 9.15. The second-order valence-electron chi connectivity index (χ2n) is 6.52. The number of aryl methyl sites for hydroxylation is 1. The lowest BCUT2D eigenvalue weighted by Crippen LogP contribution is -2.47. The number of hydrogen-bond acceptors (Lipinski definition) is 6. The third-order valence-corrected chi connectivity index (χ3v) is 4.32. The first-order valence-electron chi connectivity index (χ1n) is 9.15. The van der Waals surface area contributed by atoms with Crippen LogP contribution in [0.25, 0.3) is 0 Å². The number of nitrogens with one attached hydrogen (secondary N) is 2. The van der Waals surface area contributed by atoms with E-state index in [1.54, 1.807) is 13.0 Å². The maximum Gasteiger partial charge on any atom is 0.279 e. The topological polar surface area (TPSA) is 129 Å². The maximum atomic E-state index is 12.3. The summed E-state index contributed by atoms with van der Waals surface area (Å²) in [7, 11) is 1.39. The molecule has 0 heterocycles. The number of benzene rings is 2. The molecule has 0 spiro atoms. The second kappa shape index (κ2) is 10.1. The molecular formula is C21H25N3O6. The van der Waals surface area contributed by atoms with Gasteiger partial charge in [0.15, 0.2) is 24.2 Å². The Bertz CT molecular complexity index is 944. The molecule has 0 radical (unpaired) electrons. The third-order valence-electron chi connectivity index (χ3n) is 4.32. The number of carbonyl (C=O) groups is 3. The minimum absolute atomic E-state index is 0.210. The SMILES string of the molecule is COc1cc(C(=O)NNC(=O)[C@H](C)Oc2cccc(C)c2C)ccc1OCC(N)=O. The average molecular weight is 415 g/mol. The molecule has 30 heavy (non-hydrogen) atoms. The summed E-state index contributed by atoms with van der Waals surface area (Å²) in [5.41, 5.74) is 11.9. The number of methoxy groups -OCH3 is 1. The molecule has 9 heteroatoms. The zero-order valence-electron chi connectivity index (χ0n) is 17.3. The van der Waals surface area contributed by atoms with Crippen molar-refractivity contribution in [2.45, 2.75) is 26.9 Å². The van der Waals surface area contributed by atoms with Gasteiger partial charge >= 0.3 is 0 Å². The van der Waals surface area contributed by atoms with E-state index in [9.17, 15) is 14.4 Å². The standard InChI is InChI=1S/C21H25N3O6/c1-12-6-5-7-16(13(12)2)30-14(3)20(26)23-24-21(27)15-8-9-17(18(10-15)28-4)29-11-19(22)25/h5-10,14H,11H2,1-4H3,(H2,22,25)(H,23,26)(H,24,27)/t14-/m0/s1. The second-order valence-corrected chi connectivity index (χ2v) is 6.52. The first kappa shape index (κ1) is 22.5. The molecule has 0 aromatic heterocycles. The molecule has 0 saturated carbocycles. The third kappa shape index (κ3) is 5.87. The Balaban J connectivity index is 1.96. The fourth-order valence-corrected chi connectivity index (χ4v) is 2.46. The summed E-state index contributed by atoms with van der Waals surface area (Å²) in [5, 5.41) is 0. The molecule has 160 valence electrons. The van der Waals surface area contributed by atoms with Crippen molar-refractivity contribution in [2.75, 3.05) is 13.7 Å². The molecule has 9 nitrogen and oxygen atoms in total. The van der Waals surface area contributed by atoms with Gasteiger partial charge in [0.25, 0.3) is 17.7 Å². The van der Waals surface area contributed by atoms with Gasteiger partial charge in [-0.3, -0.25) is 25.2 Å². The van der Waals surface area contributed by atoms with Crippen LogP contribution in [-0.4, -0.2) is 37.5 Å². The van der Waals surface area contributed by atoms with Crippen molar-refractivity contribution in [3.8, 4) is 17.2 Å². The van der Waals surface area contributed by atoms with Crippen LogP contribution >= 0.6 is 0 Å². The Morgan fingerprint density at radius 1 is 1.03 bits per heavy atom. The molecule has 1 atom stereocenters. The molecule has 3 amide bonds. The number of carbonyl (C=O) groups excluding carboxylic acids is 3.